The van der Waals surface area contributed by atoms with Crippen LogP contribution in [0.3, 0.4) is 0 Å². The summed E-state index contributed by atoms with van der Waals surface area (Å²) in [7, 11) is 0. The normalized spacial score (nSPS) is 10.6. The summed E-state index contributed by atoms with van der Waals surface area (Å²) in [6.07, 6.45) is 3.44. The highest BCUT2D eigenvalue weighted by Gasteiger charge is 2.14. The molecule has 96 valence electrons. The molecule has 5 heteroatoms. The molecule has 2 heterocycles. The van der Waals surface area contributed by atoms with E-state index in [9.17, 15) is 4.79 Å². The minimum absolute atomic E-state index is 0.286. The summed E-state index contributed by atoms with van der Waals surface area (Å²) in [5.41, 5.74) is 1.85. The van der Waals surface area contributed by atoms with Gasteiger partial charge in [0.05, 0.1) is 25.0 Å². The molecular formula is C13H17N3O2. The van der Waals surface area contributed by atoms with E-state index in [-0.39, 0.29) is 6.09 Å². The molecule has 0 aliphatic rings. The minimum Gasteiger partial charge on any atom is -0.450 e. The number of aromatic nitrogens is 2. The molecule has 0 unspecified atom stereocenters. The second-order valence-electron chi connectivity index (χ2n) is 3.89. The maximum atomic E-state index is 11.7. The van der Waals surface area contributed by atoms with E-state index in [0.29, 0.717) is 19.7 Å². The molecule has 0 atom stereocenters. The number of amides is 1. The van der Waals surface area contributed by atoms with E-state index in [1.807, 2.05) is 35.7 Å². The van der Waals surface area contributed by atoms with Crippen LogP contribution < -0.4 is 0 Å². The van der Waals surface area contributed by atoms with Crippen molar-refractivity contribution >= 4 is 11.7 Å². The molecule has 0 fully saturated rings. The zero-order valence-electron chi connectivity index (χ0n) is 10.7. The topological polar surface area (TPSA) is 46.8 Å². The molecule has 0 N–H and O–H groups in total. The Morgan fingerprint density at radius 1 is 1.44 bits per heavy atom. The summed E-state index contributed by atoms with van der Waals surface area (Å²) < 4.78 is 6.99. The molecule has 0 aliphatic heterocycles. The predicted octanol–water partition coefficient (Wildman–Crippen LogP) is 2.31. The first kappa shape index (κ1) is 12.4. The van der Waals surface area contributed by atoms with Crippen LogP contribution in [0, 0.1) is 0 Å². The van der Waals surface area contributed by atoms with Crippen LogP contribution in [0.4, 0.5) is 4.79 Å². The Morgan fingerprint density at radius 2 is 2.28 bits per heavy atom. The lowest BCUT2D eigenvalue weighted by molar-refractivity contribution is 0.106. The van der Waals surface area contributed by atoms with Gasteiger partial charge < -0.3 is 14.0 Å². The van der Waals surface area contributed by atoms with E-state index in [2.05, 4.69) is 4.98 Å². The van der Waals surface area contributed by atoms with Crippen molar-refractivity contribution in [2.75, 3.05) is 13.2 Å². The summed E-state index contributed by atoms with van der Waals surface area (Å²) in [4.78, 5) is 17.7. The molecule has 2 rings (SSSR count). The fourth-order valence-corrected chi connectivity index (χ4v) is 1.82. The van der Waals surface area contributed by atoms with Gasteiger partial charge in [-0.2, -0.15) is 0 Å². The van der Waals surface area contributed by atoms with Crippen molar-refractivity contribution in [2.45, 2.75) is 20.4 Å². The van der Waals surface area contributed by atoms with E-state index in [0.717, 1.165) is 11.3 Å². The third kappa shape index (κ3) is 2.45. The van der Waals surface area contributed by atoms with E-state index < -0.39 is 0 Å². The fourth-order valence-electron chi connectivity index (χ4n) is 1.82. The minimum atomic E-state index is -0.286. The van der Waals surface area contributed by atoms with Crippen LogP contribution in [-0.2, 0) is 11.3 Å². The number of hydrogen-bond acceptors (Lipinski definition) is 3. The number of rotatable bonds is 4. The first-order chi connectivity index (χ1) is 8.76. The molecule has 0 aliphatic carbocycles. The van der Waals surface area contributed by atoms with Gasteiger partial charge in [-0.25, -0.2) is 9.78 Å². The van der Waals surface area contributed by atoms with Gasteiger partial charge in [0.25, 0.3) is 0 Å². The molecule has 2 aromatic rings. The smallest absolute Gasteiger partial charge is 0.410 e. The molecule has 1 amide bonds. The third-order valence-corrected chi connectivity index (χ3v) is 2.75. The van der Waals surface area contributed by atoms with Crippen LogP contribution in [0.2, 0.25) is 0 Å². The fraction of sp³-hybridized carbons (Fsp3) is 0.385. The molecule has 0 spiro atoms. The second-order valence-corrected chi connectivity index (χ2v) is 3.89. The second kappa shape index (κ2) is 5.53. The van der Waals surface area contributed by atoms with E-state index in [4.69, 9.17) is 4.74 Å². The number of fused-ring (bicyclic) bond motifs is 1. The van der Waals surface area contributed by atoms with Crippen LogP contribution in [0.25, 0.3) is 5.65 Å². The van der Waals surface area contributed by atoms with Gasteiger partial charge >= 0.3 is 6.09 Å². The lowest BCUT2D eigenvalue weighted by Crippen LogP contribution is -2.31. The standard InChI is InChI=1S/C13H17N3O2/c1-3-15(13(17)18-4-2)10-11-9-14-12-7-5-6-8-16(11)12/h5-9H,3-4,10H2,1-2H3. The van der Waals surface area contributed by atoms with Crippen molar-refractivity contribution < 1.29 is 9.53 Å². The molecular weight excluding hydrogens is 230 g/mol. The Hall–Kier alpha value is -2.04. The van der Waals surface area contributed by atoms with Gasteiger partial charge in [0.2, 0.25) is 0 Å². The summed E-state index contributed by atoms with van der Waals surface area (Å²) in [5, 5.41) is 0. The van der Waals surface area contributed by atoms with Gasteiger partial charge in [-0.05, 0) is 26.0 Å². The van der Waals surface area contributed by atoms with Gasteiger partial charge in [0.1, 0.15) is 5.65 Å². The molecule has 0 saturated heterocycles. The Balaban J connectivity index is 2.19. The maximum absolute atomic E-state index is 11.7. The molecule has 0 aromatic carbocycles. The molecule has 0 bridgehead atoms. The average Bonchev–Trinajstić information content (AvgIpc) is 2.79. The van der Waals surface area contributed by atoms with Gasteiger partial charge in [0, 0.05) is 12.7 Å². The number of nitrogens with zero attached hydrogens (tertiary/aromatic N) is 3. The Bertz CT molecular complexity index is 536. The van der Waals surface area contributed by atoms with Crippen molar-refractivity contribution in [3.63, 3.8) is 0 Å². The third-order valence-electron chi connectivity index (χ3n) is 2.75. The zero-order chi connectivity index (χ0) is 13.0. The van der Waals surface area contributed by atoms with Crippen LogP contribution in [0.1, 0.15) is 19.5 Å². The zero-order valence-corrected chi connectivity index (χ0v) is 10.7. The SMILES string of the molecule is CCOC(=O)N(CC)Cc1cnc2ccccn12. The van der Waals surface area contributed by atoms with Crippen molar-refractivity contribution in [3.8, 4) is 0 Å². The summed E-state index contributed by atoms with van der Waals surface area (Å²) in [6, 6.07) is 5.82. The van der Waals surface area contributed by atoms with Crippen LogP contribution in [-0.4, -0.2) is 33.5 Å². The van der Waals surface area contributed by atoms with Crippen LogP contribution in [0.5, 0.6) is 0 Å². The lowest BCUT2D eigenvalue weighted by Gasteiger charge is -2.19. The number of carbonyl (C=O) groups is 1. The van der Waals surface area contributed by atoms with Gasteiger partial charge in [0.15, 0.2) is 0 Å². The maximum Gasteiger partial charge on any atom is 0.410 e. The van der Waals surface area contributed by atoms with E-state index >= 15 is 0 Å². The number of pyridine rings is 1. The average molecular weight is 247 g/mol. The summed E-state index contributed by atoms with van der Waals surface area (Å²) in [5.74, 6) is 0. The molecule has 5 nitrogen and oxygen atoms in total. The Labute approximate surface area is 106 Å². The first-order valence-corrected chi connectivity index (χ1v) is 6.09. The number of hydrogen-bond donors (Lipinski definition) is 0. The Morgan fingerprint density at radius 3 is 3.00 bits per heavy atom. The van der Waals surface area contributed by atoms with Gasteiger partial charge in [-0.15, -0.1) is 0 Å². The van der Waals surface area contributed by atoms with E-state index in [1.165, 1.54) is 0 Å². The van der Waals surface area contributed by atoms with Crippen molar-refractivity contribution in [1.82, 2.24) is 14.3 Å². The number of ether oxygens (including phenoxy) is 1. The molecule has 2 aromatic heterocycles. The largest absolute Gasteiger partial charge is 0.450 e. The van der Waals surface area contributed by atoms with Crippen LogP contribution in [0.15, 0.2) is 30.6 Å². The summed E-state index contributed by atoms with van der Waals surface area (Å²) >= 11 is 0. The number of imidazole rings is 1. The molecule has 18 heavy (non-hydrogen) atoms. The van der Waals surface area contributed by atoms with E-state index in [1.54, 1.807) is 18.0 Å². The number of carbonyl (C=O) groups excluding carboxylic acids is 1. The predicted molar refractivity (Wildman–Crippen MR) is 68.3 cm³/mol. The highest BCUT2D eigenvalue weighted by molar-refractivity contribution is 5.67. The highest BCUT2D eigenvalue weighted by atomic mass is 16.6. The van der Waals surface area contributed by atoms with Crippen LogP contribution >= 0.6 is 0 Å². The first-order valence-electron chi connectivity index (χ1n) is 6.09. The molecule has 0 radical (unpaired) electrons. The highest BCUT2D eigenvalue weighted by Crippen LogP contribution is 2.09. The van der Waals surface area contributed by atoms with Gasteiger partial charge in [-0.1, -0.05) is 6.07 Å². The van der Waals surface area contributed by atoms with Crippen molar-refractivity contribution in [2.24, 2.45) is 0 Å². The van der Waals surface area contributed by atoms with Crippen molar-refractivity contribution in [1.29, 1.82) is 0 Å². The monoisotopic (exact) mass is 247 g/mol. The summed E-state index contributed by atoms with van der Waals surface area (Å²) in [6.45, 7) is 5.24. The Kier molecular flexibility index (Phi) is 3.82. The molecule has 0 saturated carbocycles. The van der Waals surface area contributed by atoms with Crippen molar-refractivity contribution in [3.05, 3.63) is 36.3 Å². The van der Waals surface area contributed by atoms with Gasteiger partial charge in [-0.3, -0.25) is 0 Å². The quantitative estimate of drug-likeness (QED) is 0.833. The lowest BCUT2D eigenvalue weighted by atomic mass is 10.4.